The number of rotatable bonds is 2. The van der Waals surface area contributed by atoms with Gasteiger partial charge in [-0.2, -0.15) is 0 Å². The fourth-order valence-electron chi connectivity index (χ4n) is 2.68. The van der Waals surface area contributed by atoms with Crippen LogP contribution in [-0.2, 0) is 26.2 Å². The van der Waals surface area contributed by atoms with Crippen LogP contribution in [0, 0.1) is 0 Å². The van der Waals surface area contributed by atoms with Crippen LogP contribution in [0.3, 0.4) is 0 Å². The van der Waals surface area contributed by atoms with Gasteiger partial charge in [0.25, 0.3) is 0 Å². The lowest BCUT2D eigenvalue weighted by Gasteiger charge is -2.16. The summed E-state index contributed by atoms with van der Waals surface area (Å²) in [5, 5.41) is 0.994. The maximum atomic E-state index is 11.9. The van der Waals surface area contributed by atoms with Crippen molar-refractivity contribution in [2.75, 3.05) is 0 Å². The highest BCUT2D eigenvalue weighted by Gasteiger charge is 2.50. The monoisotopic (exact) mass is 258 g/mol. The zero-order valence-electron chi connectivity index (χ0n) is 10.9. The first kappa shape index (κ1) is 12.0. The van der Waals surface area contributed by atoms with Gasteiger partial charge in [0, 0.05) is 10.9 Å². The molecule has 0 bridgehead atoms. The van der Waals surface area contributed by atoms with Gasteiger partial charge in [-0.1, -0.05) is 25.1 Å². The summed E-state index contributed by atoms with van der Waals surface area (Å²) in [7, 11) is 0. The van der Waals surface area contributed by atoms with Gasteiger partial charge in [-0.25, -0.2) is 0 Å². The molecule has 0 spiro atoms. The topological polar surface area (TPSA) is 56.5 Å². The Kier molecular flexibility index (Phi) is 2.49. The number of ether oxygens (including phenoxy) is 1. The number of esters is 2. The molecule has 0 amide bonds. The normalized spacial score (nSPS) is 23.1. The molecule has 1 aromatic heterocycles. The van der Waals surface area contributed by atoms with E-state index in [4.69, 9.17) is 4.42 Å². The smallest absolute Gasteiger partial charge is 0.327 e. The van der Waals surface area contributed by atoms with E-state index in [1.807, 2.05) is 31.2 Å². The number of carbonyl (C=O) groups excluding carboxylic acids is 2. The van der Waals surface area contributed by atoms with Crippen LogP contribution in [0.25, 0.3) is 11.0 Å². The van der Waals surface area contributed by atoms with Crippen molar-refractivity contribution >= 4 is 22.9 Å². The maximum absolute atomic E-state index is 11.9. The Hall–Kier alpha value is -2.10. The van der Waals surface area contributed by atoms with Crippen LogP contribution in [0.2, 0.25) is 0 Å². The van der Waals surface area contributed by atoms with Crippen LogP contribution in [0.15, 0.2) is 28.7 Å². The number of hydrogen-bond acceptors (Lipinski definition) is 4. The number of carbonyl (C=O) groups is 2. The molecule has 0 aliphatic carbocycles. The predicted molar refractivity (Wildman–Crippen MR) is 68.7 cm³/mol. The Morgan fingerprint density at radius 1 is 1.26 bits per heavy atom. The first-order valence-corrected chi connectivity index (χ1v) is 6.32. The summed E-state index contributed by atoms with van der Waals surface area (Å²) in [5.74, 6) is -0.451. The number of hydrogen-bond donors (Lipinski definition) is 0. The number of benzene rings is 1. The molecular formula is C15H14O4. The van der Waals surface area contributed by atoms with Crippen LogP contribution in [0.1, 0.15) is 31.6 Å². The maximum Gasteiger partial charge on any atom is 0.327 e. The van der Waals surface area contributed by atoms with Crippen molar-refractivity contribution in [2.24, 2.45) is 0 Å². The van der Waals surface area contributed by atoms with E-state index in [9.17, 15) is 9.59 Å². The second-order valence-electron chi connectivity index (χ2n) is 5.03. The minimum Gasteiger partial charge on any atom is -0.460 e. The highest BCUT2D eigenvalue weighted by atomic mass is 16.6. The lowest BCUT2D eigenvalue weighted by molar-refractivity contribution is -0.153. The Bertz CT molecular complexity index is 683. The van der Waals surface area contributed by atoms with Gasteiger partial charge in [0.2, 0.25) is 0 Å². The molecule has 1 atom stereocenters. The van der Waals surface area contributed by atoms with E-state index in [1.54, 1.807) is 6.92 Å². The van der Waals surface area contributed by atoms with Gasteiger partial charge in [0.05, 0.1) is 6.42 Å². The minimum atomic E-state index is -0.999. The molecule has 1 aromatic carbocycles. The molecule has 2 heterocycles. The molecule has 1 aliphatic heterocycles. The molecule has 4 heteroatoms. The first-order chi connectivity index (χ1) is 9.06. The van der Waals surface area contributed by atoms with Crippen LogP contribution >= 0.6 is 0 Å². The lowest BCUT2D eigenvalue weighted by atomic mass is 9.83. The molecule has 0 N–H and O–H groups in total. The largest absolute Gasteiger partial charge is 0.460 e. The zero-order chi connectivity index (χ0) is 13.6. The van der Waals surface area contributed by atoms with Gasteiger partial charge in [0.1, 0.15) is 16.8 Å². The molecule has 98 valence electrons. The highest BCUT2D eigenvalue weighted by Crippen LogP contribution is 2.40. The number of furan rings is 1. The van der Waals surface area contributed by atoms with E-state index in [0.717, 1.165) is 23.0 Å². The highest BCUT2D eigenvalue weighted by molar-refractivity contribution is 6.01. The molecule has 1 aliphatic rings. The number of cyclic esters (lactones) is 2. The van der Waals surface area contributed by atoms with Crippen molar-refractivity contribution in [3.63, 3.8) is 0 Å². The summed E-state index contributed by atoms with van der Waals surface area (Å²) < 4.78 is 10.5. The fraction of sp³-hybridized carbons (Fsp3) is 0.333. The van der Waals surface area contributed by atoms with Gasteiger partial charge in [0.15, 0.2) is 0 Å². The van der Waals surface area contributed by atoms with Crippen molar-refractivity contribution in [3.8, 4) is 0 Å². The van der Waals surface area contributed by atoms with E-state index < -0.39 is 17.4 Å². The van der Waals surface area contributed by atoms with Crippen molar-refractivity contribution < 1.29 is 18.7 Å². The third-order valence-electron chi connectivity index (χ3n) is 3.71. The molecular weight excluding hydrogens is 244 g/mol. The average Bonchev–Trinajstić information content (AvgIpc) is 2.88. The SMILES string of the molecule is CCc1c(C2(C)CC(=O)OC2=O)oc2ccccc12. The molecule has 1 unspecified atom stereocenters. The fourth-order valence-corrected chi connectivity index (χ4v) is 2.68. The molecule has 0 saturated carbocycles. The molecule has 2 aromatic rings. The van der Waals surface area contributed by atoms with Gasteiger partial charge in [-0.3, -0.25) is 9.59 Å². The molecule has 4 nitrogen and oxygen atoms in total. The predicted octanol–water partition coefficient (Wildman–Crippen LogP) is 2.73. The summed E-state index contributed by atoms with van der Waals surface area (Å²) in [4.78, 5) is 23.3. The van der Waals surface area contributed by atoms with Crippen molar-refractivity contribution in [1.29, 1.82) is 0 Å². The Labute approximate surface area is 110 Å². The van der Waals surface area contributed by atoms with E-state index in [2.05, 4.69) is 4.74 Å². The van der Waals surface area contributed by atoms with Crippen molar-refractivity contribution in [2.45, 2.75) is 32.1 Å². The second-order valence-corrected chi connectivity index (χ2v) is 5.03. The van der Waals surface area contributed by atoms with Gasteiger partial charge in [-0.15, -0.1) is 0 Å². The van der Waals surface area contributed by atoms with Crippen molar-refractivity contribution in [3.05, 3.63) is 35.6 Å². The molecule has 19 heavy (non-hydrogen) atoms. The van der Waals surface area contributed by atoms with Crippen LogP contribution in [0.4, 0.5) is 0 Å². The quantitative estimate of drug-likeness (QED) is 0.614. The summed E-state index contributed by atoms with van der Waals surface area (Å²) in [5.41, 5.74) is 0.717. The van der Waals surface area contributed by atoms with Gasteiger partial charge >= 0.3 is 11.9 Å². The standard InChI is InChI=1S/C15H14O4/c1-3-9-10-6-4-5-7-11(10)18-13(9)15(2)8-12(16)19-14(15)17/h4-7H,3,8H2,1-2H3. The van der Waals surface area contributed by atoms with Crippen LogP contribution < -0.4 is 0 Å². The third-order valence-corrected chi connectivity index (χ3v) is 3.71. The zero-order valence-corrected chi connectivity index (χ0v) is 10.9. The number of aryl methyl sites for hydroxylation is 1. The first-order valence-electron chi connectivity index (χ1n) is 6.32. The summed E-state index contributed by atoms with van der Waals surface area (Å²) in [6.07, 6.45) is 0.780. The number of para-hydroxylation sites is 1. The van der Waals surface area contributed by atoms with E-state index >= 15 is 0 Å². The summed E-state index contributed by atoms with van der Waals surface area (Å²) >= 11 is 0. The van der Waals surface area contributed by atoms with Gasteiger partial charge < -0.3 is 9.15 Å². The summed E-state index contributed by atoms with van der Waals surface area (Å²) in [6.45, 7) is 3.71. The van der Waals surface area contributed by atoms with Crippen LogP contribution in [0.5, 0.6) is 0 Å². The van der Waals surface area contributed by atoms with Gasteiger partial charge in [-0.05, 0) is 19.4 Å². The second kappa shape index (κ2) is 3.95. The van der Waals surface area contributed by atoms with E-state index in [-0.39, 0.29) is 6.42 Å². The van der Waals surface area contributed by atoms with Crippen molar-refractivity contribution in [1.82, 2.24) is 0 Å². The van der Waals surface area contributed by atoms with E-state index in [0.29, 0.717) is 5.76 Å². The molecule has 1 fully saturated rings. The Morgan fingerprint density at radius 3 is 2.63 bits per heavy atom. The lowest BCUT2D eigenvalue weighted by Crippen LogP contribution is -2.28. The molecule has 1 saturated heterocycles. The molecule has 0 radical (unpaired) electrons. The summed E-state index contributed by atoms with van der Waals surface area (Å²) in [6, 6.07) is 7.65. The van der Waals surface area contributed by atoms with E-state index in [1.165, 1.54) is 0 Å². The molecule has 3 rings (SSSR count). The Morgan fingerprint density at radius 2 is 2.00 bits per heavy atom. The number of fused-ring (bicyclic) bond motifs is 1. The average molecular weight is 258 g/mol. The minimum absolute atomic E-state index is 0.0403. The third kappa shape index (κ3) is 1.59. The van der Waals surface area contributed by atoms with Crippen LogP contribution in [-0.4, -0.2) is 11.9 Å². The Balaban J connectivity index is 2.25.